The van der Waals surface area contributed by atoms with Gasteiger partial charge in [-0.15, -0.1) is 0 Å². The summed E-state index contributed by atoms with van der Waals surface area (Å²) in [6.45, 7) is 0. The van der Waals surface area contributed by atoms with Gasteiger partial charge in [-0.2, -0.15) is 0 Å². The van der Waals surface area contributed by atoms with Crippen LogP contribution < -0.4 is 26.3 Å². The third-order valence-electron chi connectivity index (χ3n) is 4.57. The summed E-state index contributed by atoms with van der Waals surface area (Å²) in [5.74, 6) is 1.99. The Morgan fingerprint density at radius 2 is 1.93 bits per heavy atom. The number of amides is 2. The number of carbonyl (C=O) groups excluding carboxylic acids is 1. The summed E-state index contributed by atoms with van der Waals surface area (Å²) < 4.78 is 36.5. The summed E-state index contributed by atoms with van der Waals surface area (Å²) in [4.78, 5) is 14.2. The highest BCUT2D eigenvalue weighted by atomic mass is 19.1. The summed E-state index contributed by atoms with van der Waals surface area (Å²) in [6.07, 6.45) is 3.18. The van der Waals surface area contributed by atoms with Crippen molar-refractivity contribution in [1.82, 2.24) is 4.98 Å². The van der Waals surface area contributed by atoms with Crippen molar-refractivity contribution in [1.29, 1.82) is 0 Å². The van der Waals surface area contributed by atoms with Crippen LogP contribution in [0, 0.1) is 11.6 Å². The van der Waals surface area contributed by atoms with Gasteiger partial charge in [0.05, 0.1) is 5.69 Å². The minimum Gasteiger partial charge on any atom is -0.489 e. The fourth-order valence-corrected chi connectivity index (χ4v) is 3.13. The molecule has 0 spiro atoms. The molecule has 1 saturated carbocycles. The van der Waals surface area contributed by atoms with Crippen LogP contribution in [0.25, 0.3) is 0 Å². The number of benzene rings is 2. The van der Waals surface area contributed by atoms with E-state index in [1.165, 1.54) is 5.56 Å². The Balaban J connectivity index is 0.000000159. The molecule has 30 heavy (non-hydrogen) atoms. The van der Waals surface area contributed by atoms with Crippen molar-refractivity contribution < 1.29 is 23.0 Å². The van der Waals surface area contributed by atoms with E-state index in [4.69, 9.17) is 20.9 Å². The maximum atomic E-state index is 12.7. The molecule has 1 fully saturated rings. The number of nitrogens with zero attached hydrogens (tertiary/aromatic N) is 1. The minimum absolute atomic E-state index is 0.135. The number of hydrogen-bond acceptors (Lipinski definition) is 5. The van der Waals surface area contributed by atoms with Crippen molar-refractivity contribution in [2.75, 3.05) is 11.1 Å². The second-order valence-electron chi connectivity index (χ2n) is 6.83. The first-order valence-electron chi connectivity index (χ1n) is 9.10. The Morgan fingerprint density at radius 3 is 2.67 bits per heavy atom. The quantitative estimate of drug-likeness (QED) is 0.598. The zero-order valence-corrected chi connectivity index (χ0v) is 15.6. The van der Waals surface area contributed by atoms with Gasteiger partial charge in [-0.05, 0) is 42.8 Å². The van der Waals surface area contributed by atoms with Gasteiger partial charge in [0.25, 0.3) is 0 Å². The molecule has 1 aliphatic carbocycles. The van der Waals surface area contributed by atoms with Crippen LogP contribution in [-0.2, 0) is 0 Å². The number of ether oxygens (including phenoxy) is 2. The predicted molar refractivity (Wildman–Crippen MR) is 107 cm³/mol. The largest absolute Gasteiger partial charge is 0.489 e. The lowest BCUT2D eigenvalue weighted by Gasteiger charge is -2.08. The van der Waals surface area contributed by atoms with Crippen molar-refractivity contribution in [3.05, 3.63) is 71.9 Å². The fourth-order valence-electron chi connectivity index (χ4n) is 3.13. The van der Waals surface area contributed by atoms with Gasteiger partial charge in [0.1, 0.15) is 40.8 Å². The van der Waals surface area contributed by atoms with Gasteiger partial charge < -0.3 is 26.3 Å². The van der Waals surface area contributed by atoms with Crippen LogP contribution in [-0.4, -0.2) is 17.1 Å². The molecule has 0 bridgehead atoms. The molecule has 5 N–H and O–H groups in total. The van der Waals surface area contributed by atoms with Crippen LogP contribution in [0.2, 0.25) is 0 Å². The SMILES string of the molecule is NC(=O)Nc1ccc(F)cc1F.Nc1cc(Oc2ccc3c(c2)C2CC2O3)ccn1. The number of anilines is 2. The van der Waals surface area contributed by atoms with Crippen LogP contribution >= 0.6 is 0 Å². The number of rotatable bonds is 3. The molecule has 2 aliphatic rings. The number of urea groups is 1. The molecule has 2 aromatic carbocycles. The van der Waals surface area contributed by atoms with Gasteiger partial charge >= 0.3 is 6.03 Å². The third kappa shape index (κ3) is 4.40. The Labute approximate surface area is 170 Å². The van der Waals surface area contributed by atoms with Gasteiger partial charge in [0.15, 0.2) is 0 Å². The maximum Gasteiger partial charge on any atom is 0.316 e. The second kappa shape index (κ2) is 7.86. The Hall–Kier alpha value is -3.88. The molecule has 0 saturated heterocycles. The van der Waals surface area contributed by atoms with Crippen molar-refractivity contribution in [3.63, 3.8) is 0 Å². The molecule has 0 radical (unpaired) electrons. The standard InChI is InChI=1S/C14H12N2O2.C7H6F2N2O/c15-14-6-9(3-4-16-14)17-8-1-2-12-10(5-8)11-7-13(11)18-12;8-4-1-2-6(5(9)3-4)11-7(10)12/h1-6,11,13H,7H2,(H2,15,16);1-3H,(H3,10,11,12). The molecule has 2 atom stereocenters. The number of pyridine rings is 1. The van der Waals surface area contributed by atoms with E-state index in [9.17, 15) is 13.6 Å². The topological polar surface area (TPSA) is 112 Å². The maximum absolute atomic E-state index is 12.7. The number of nitrogens with two attached hydrogens (primary N) is 2. The molecule has 3 aromatic rings. The summed E-state index contributed by atoms with van der Waals surface area (Å²) in [5, 5.41) is 2.00. The molecule has 2 unspecified atom stereocenters. The molecule has 7 nitrogen and oxygen atoms in total. The summed E-state index contributed by atoms with van der Waals surface area (Å²) in [5.41, 5.74) is 11.5. The monoisotopic (exact) mass is 412 g/mol. The Morgan fingerprint density at radius 1 is 1.13 bits per heavy atom. The molecule has 2 amide bonds. The average Bonchev–Trinajstić information content (AvgIpc) is 3.37. The van der Waals surface area contributed by atoms with Crippen LogP contribution in [0.1, 0.15) is 17.9 Å². The van der Waals surface area contributed by atoms with Gasteiger partial charge in [-0.25, -0.2) is 18.6 Å². The number of carbonyl (C=O) groups is 1. The number of halogens is 2. The van der Waals surface area contributed by atoms with Gasteiger partial charge in [-0.1, -0.05) is 0 Å². The van der Waals surface area contributed by atoms with Crippen molar-refractivity contribution >= 4 is 17.5 Å². The van der Waals surface area contributed by atoms with E-state index >= 15 is 0 Å². The predicted octanol–water partition coefficient (Wildman–Crippen LogP) is 4.16. The fraction of sp³-hybridized carbons (Fsp3) is 0.143. The Kier molecular flexibility index (Phi) is 5.09. The molecular weight excluding hydrogens is 394 g/mol. The number of primary amides is 1. The minimum atomic E-state index is -0.888. The molecular formula is C21H18F2N4O3. The van der Waals surface area contributed by atoms with Gasteiger partial charge in [0, 0.05) is 29.8 Å². The average molecular weight is 412 g/mol. The number of nitrogen functional groups attached to an aromatic ring is 1. The lowest BCUT2D eigenvalue weighted by molar-refractivity contribution is 0.259. The van der Waals surface area contributed by atoms with E-state index < -0.39 is 17.7 Å². The zero-order valence-electron chi connectivity index (χ0n) is 15.6. The lowest BCUT2D eigenvalue weighted by atomic mass is 10.1. The van der Waals surface area contributed by atoms with Crippen molar-refractivity contribution in [2.45, 2.75) is 18.4 Å². The first kappa shape index (κ1) is 19.4. The van der Waals surface area contributed by atoms with E-state index in [-0.39, 0.29) is 5.69 Å². The van der Waals surface area contributed by atoms with Crippen molar-refractivity contribution in [2.24, 2.45) is 5.73 Å². The highest BCUT2D eigenvalue weighted by molar-refractivity contribution is 5.87. The van der Waals surface area contributed by atoms with Crippen LogP contribution in [0.3, 0.4) is 0 Å². The van der Waals surface area contributed by atoms with Gasteiger partial charge in [-0.3, -0.25) is 0 Å². The van der Waals surface area contributed by atoms with E-state index in [1.54, 1.807) is 18.3 Å². The first-order valence-corrected chi connectivity index (χ1v) is 9.10. The normalized spacial score (nSPS) is 17.5. The molecule has 1 aromatic heterocycles. The number of fused-ring (bicyclic) bond motifs is 3. The van der Waals surface area contributed by atoms with Crippen LogP contribution in [0.15, 0.2) is 54.7 Å². The van der Waals surface area contributed by atoms with Crippen molar-refractivity contribution in [3.8, 4) is 17.2 Å². The number of aromatic nitrogens is 1. The van der Waals surface area contributed by atoms with E-state index in [2.05, 4.69) is 11.1 Å². The lowest BCUT2D eigenvalue weighted by Crippen LogP contribution is -2.20. The highest BCUT2D eigenvalue weighted by Gasteiger charge is 2.48. The van der Waals surface area contributed by atoms with E-state index in [0.29, 0.717) is 29.7 Å². The molecule has 2 heterocycles. The van der Waals surface area contributed by atoms with E-state index in [1.807, 2.05) is 17.4 Å². The summed E-state index contributed by atoms with van der Waals surface area (Å²) >= 11 is 0. The number of nitrogens with one attached hydrogen (secondary N) is 1. The van der Waals surface area contributed by atoms with Crippen LogP contribution in [0.5, 0.6) is 17.2 Å². The Bertz CT molecular complexity index is 1110. The molecule has 1 aliphatic heterocycles. The second-order valence-corrected chi connectivity index (χ2v) is 6.83. The zero-order chi connectivity index (χ0) is 21.3. The highest BCUT2D eigenvalue weighted by Crippen LogP contribution is 2.54. The third-order valence-corrected chi connectivity index (χ3v) is 4.57. The summed E-state index contributed by atoms with van der Waals surface area (Å²) in [6, 6.07) is 11.3. The number of hydrogen-bond donors (Lipinski definition) is 3. The van der Waals surface area contributed by atoms with Crippen LogP contribution in [0.4, 0.5) is 25.1 Å². The van der Waals surface area contributed by atoms with E-state index in [0.717, 1.165) is 30.1 Å². The molecule has 9 heteroatoms. The summed E-state index contributed by atoms with van der Waals surface area (Å²) in [7, 11) is 0. The van der Waals surface area contributed by atoms with Gasteiger partial charge in [0.2, 0.25) is 0 Å². The molecule has 5 rings (SSSR count). The smallest absolute Gasteiger partial charge is 0.316 e. The first-order chi connectivity index (χ1) is 14.4. The molecule has 154 valence electrons.